The van der Waals surface area contributed by atoms with Gasteiger partial charge in [-0.15, -0.1) is 0 Å². The Morgan fingerprint density at radius 2 is 1.78 bits per heavy atom. The summed E-state index contributed by atoms with van der Waals surface area (Å²) in [6.07, 6.45) is 0. The van der Waals surface area contributed by atoms with E-state index in [0.717, 1.165) is 22.4 Å². The molecule has 0 radical (unpaired) electrons. The number of aromatic amines is 1. The molecule has 0 saturated carbocycles. The number of nitrogens with zero attached hydrogens (tertiary/aromatic N) is 2. The fourth-order valence-electron chi connectivity index (χ4n) is 2.81. The molecule has 1 saturated heterocycles. The van der Waals surface area contributed by atoms with Crippen molar-refractivity contribution >= 4 is 16.9 Å². The van der Waals surface area contributed by atoms with Gasteiger partial charge in [0.1, 0.15) is 5.82 Å². The molecule has 0 unspecified atom stereocenters. The molecule has 1 aromatic heterocycles. The molecular weight excluding hydrogens is 290 g/mol. The van der Waals surface area contributed by atoms with Gasteiger partial charge in [-0.25, -0.2) is 4.98 Å². The lowest BCUT2D eigenvalue weighted by atomic mass is 10.1. The van der Waals surface area contributed by atoms with Crippen LogP contribution in [0.3, 0.4) is 0 Å². The van der Waals surface area contributed by atoms with E-state index in [1.165, 1.54) is 0 Å². The number of amides is 1. The number of carbonyl (C=O) groups is 1. The predicted octanol–water partition coefficient (Wildman–Crippen LogP) is 2.70. The van der Waals surface area contributed by atoms with Crippen molar-refractivity contribution < 1.29 is 9.53 Å². The molecule has 1 aliphatic heterocycles. The number of hydrogen-bond acceptors (Lipinski definition) is 3. The first-order valence-corrected chi connectivity index (χ1v) is 7.73. The molecule has 5 heteroatoms. The summed E-state index contributed by atoms with van der Waals surface area (Å²) in [5.41, 5.74) is 3.62. The van der Waals surface area contributed by atoms with Crippen molar-refractivity contribution in [1.29, 1.82) is 0 Å². The van der Waals surface area contributed by atoms with Gasteiger partial charge in [0.2, 0.25) is 0 Å². The predicted molar refractivity (Wildman–Crippen MR) is 88.3 cm³/mol. The standard InChI is InChI=1S/C18H17N3O2/c22-18(21-9-11-23-12-10-21)14-7-5-13(6-8-14)17-19-15-3-1-2-4-16(15)20-17/h1-8H,9-12H2,(H,19,20). The van der Waals surface area contributed by atoms with Gasteiger partial charge < -0.3 is 14.6 Å². The Kier molecular flexibility index (Phi) is 3.55. The minimum Gasteiger partial charge on any atom is -0.378 e. The van der Waals surface area contributed by atoms with E-state index in [2.05, 4.69) is 9.97 Å². The molecule has 116 valence electrons. The number of rotatable bonds is 2. The molecule has 0 aliphatic carbocycles. The molecule has 2 heterocycles. The van der Waals surface area contributed by atoms with E-state index in [0.29, 0.717) is 31.9 Å². The Morgan fingerprint density at radius 3 is 2.52 bits per heavy atom. The zero-order chi connectivity index (χ0) is 15.6. The number of H-pyrrole nitrogens is 1. The summed E-state index contributed by atoms with van der Waals surface area (Å²) in [5.74, 6) is 0.876. The van der Waals surface area contributed by atoms with Crippen LogP contribution in [0.25, 0.3) is 22.4 Å². The number of fused-ring (bicyclic) bond motifs is 1. The third kappa shape index (κ3) is 2.71. The maximum atomic E-state index is 12.4. The minimum absolute atomic E-state index is 0.0597. The Balaban J connectivity index is 1.58. The van der Waals surface area contributed by atoms with E-state index in [-0.39, 0.29) is 5.91 Å². The highest BCUT2D eigenvalue weighted by Gasteiger charge is 2.18. The largest absolute Gasteiger partial charge is 0.378 e. The number of carbonyl (C=O) groups excluding carboxylic acids is 1. The maximum absolute atomic E-state index is 12.4. The van der Waals surface area contributed by atoms with Crippen LogP contribution in [0.15, 0.2) is 48.5 Å². The van der Waals surface area contributed by atoms with Gasteiger partial charge in [-0.05, 0) is 24.3 Å². The fourth-order valence-corrected chi connectivity index (χ4v) is 2.81. The van der Waals surface area contributed by atoms with Crippen LogP contribution in [0, 0.1) is 0 Å². The van der Waals surface area contributed by atoms with Crippen LogP contribution in [0.5, 0.6) is 0 Å². The van der Waals surface area contributed by atoms with Gasteiger partial charge in [-0.1, -0.05) is 24.3 Å². The Hall–Kier alpha value is -2.66. The number of para-hydroxylation sites is 2. The maximum Gasteiger partial charge on any atom is 0.254 e. The normalized spacial score (nSPS) is 15.0. The van der Waals surface area contributed by atoms with Crippen LogP contribution in [-0.2, 0) is 4.74 Å². The molecule has 1 N–H and O–H groups in total. The Labute approximate surface area is 133 Å². The SMILES string of the molecule is O=C(c1ccc(-c2nc3ccccc3[nH]2)cc1)N1CCOCC1. The summed E-state index contributed by atoms with van der Waals surface area (Å²) in [7, 11) is 0. The number of morpholine rings is 1. The van der Waals surface area contributed by atoms with Gasteiger partial charge in [-0.3, -0.25) is 4.79 Å². The average Bonchev–Trinajstić information content (AvgIpc) is 3.06. The van der Waals surface area contributed by atoms with Gasteiger partial charge in [0.15, 0.2) is 0 Å². The van der Waals surface area contributed by atoms with E-state index >= 15 is 0 Å². The molecule has 3 aromatic rings. The summed E-state index contributed by atoms with van der Waals surface area (Å²) >= 11 is 0. The monoisotopic (exact) mass is 307 g/mol. The van der Waals surface area contributed by atoms with Crippen molar-refractivity contribution in [3.8, 4) is 11.4 Å². The molecule has 2 aromatic carbocycles. The Morgan fingerprint density at radius 1 is 1.04 bits per heavy atom. The lowest BCUT2D eigenvalue weighted by molar-refractivity contribution is 0.0303. The molecule has 1 fully saturated rings. The van der Waals surface area contributed by atoms with Crippen molar-refractivity contribution in [2.24, 2.45) is 0 Å². The van der Waals surface area contributed by atoms with Gasteiger partial charge in [0.05, 0.1) is 24.2 Å². The van der Waals surface area contributed by atoms with Crippen LogP contribution in [0.2, 0.25) is 0 Å². The number of hydrogen-bond donors (Lipinski definition) is 1. The molecule has 23 heavy (non-hydrogen) atoms. The van der Waals surface area contributed by atoms with Crippen LogP contribution in [-0.4, -0.2) is 47.1 Å². The smallest absolute Gasteiger partial charge is 0.254 e. The lowest BCUT2D eigenvalue weighted by Gasteiger charge is -2.26. The molecule has 5 nitrogen and oxygen atoms in total. The zero-order valence-electron chi connectivity index (χ0n) is 12.7. The summed E-state index contributed by atoms with van der Waals surface area (Å²) in [6, 6.07) is 15.5. The summed E-state index contributed by atoms with van der Waals surface area (Å²) in [6.45, 7) is 2.54. The van der Waals surface area contributed by atoms with E-state index in [9.17, 15) is 4.79 Å². The minimum atomic E-state index is 0.0597. The number of imidazole rings is 1. The van der Waals surface area contributed by atoms with Crippen LogP contribution in [0.1, 0.15) is 10.4 Å². The fraction of sp³-hybridized carbons (Fsp3) is 0.222. The third-order valence-corrected chi connectivity index (χ3v) is 4.09. The number of aromatic nitrogens is 2. The van der Waals surface area contributed by atoms with Crippen molar-refractivity contribution in [3.05, 3.63) is 54.1 Å². The number of benzene rings is 2. The zero-order valence-corrected chi connectivity index (χ0v) is 12.7. The van der Waals surface area contributed by atoms with E-state index in [1.807, 2.05) is 53.4 Å². The second-order valence-electron chi connectivity index (χ2n) is 5.58. The molecule has 0 atom stereocenters. The van der Waals surface area contributed by atoms with Crippen molar-refractivity contribution in [3.63, 3.8) is 0 Å². The van der Waals surface area contributed by atoms with Crippen molar-refractivity contribution in [2.45, 2.75) is 0 Å². The summed E-state index contributed by atoms with van der Waals surface area (Å²) in [5, 5.41) is 0. The van der Waals surface area contributed by atoms with Gasteiger partial charge in [0, 0.05) is 24.2 Å². The van der Waals surface area contributed by atoms with Crippen LogP contribution in [0.4, 0.5) is 0 Å². The highest BCUT2D eigenvalue weighted by Crippen LogP contribution is 2.21. The molecule has 1 aliphatic rings. The van der Waals surface area contributed by atoms with Crippen LogP contribution >= 0.6 is 0 Å². The second-order valence-corrected chi connectivity index (χ2v) is 5.58. The third-order valence-electron chi connectivity index (χ3n) is 4.09. The van der Waals surface area contributed by atoms with Crippen molar-refractivity contribution in [2.75, 3.05) is 26.3 Å². The van der Waals surface area contributed by atoms with Crippen molar-refractivity contribution in [1.82, 2.24) is 14.9 Å². The van der Waals surface area contributed by atoms with Gasteiger partial charge in [-0.2, -0.15) is 0 Å². The summed E-state index contributed by atoms with van der Waals surface area (Å²) < 4.78 is 5.29. The molecule has 0 spiro atoms. The Bertz CT molecular complexity index is 800. The second kappa shape index (κ2) is 5.85. The molecule has 4 rings (SSSR count). The average molecular weight is 307 g/mol. The molecule has 0 bridgehead atoms. The van der Waals surface area contributed by atoms with Gasteiger partial charge in [0.25, 0.3) is 5.91 Å². The van der Waals surface area contributed by atoms with E-state index in [1.54, 1.807) is 0 Å². The highest BCUT2D eigenvalue weighted by molar-refractivity contribution is 5.94. The van der Waals surface area contributed by atoms with E-state index in [4.69, 9.17) is 4.74 Å². The first-order chi connectivity index (χ1) is 11.3. The van der Waals surface area contributed by atoms with Crippen LogP contribution < -0.4 is 0 Å². The quantitative estimate of drug-likeness (QED) is 0.792. The number of ether oxygens (including phenoxy) is 1. The number of nitrogens with one attached hydrogen (secondary N) is 1. The summed E-state index contributed by atoms with van der Waals surface area (Å²) in [4.78, 5) is 22.1. The molecular formula is C18H17N3O2. The van der Waals surface area contributed by atoms with E-state index < -0.39 is 0 Å². The first-order valence-electron chi connectivity index (χ1n) is 7.73. The first kappa shape index (κ1) is 14.0. The molecule has 1 amide bonds. The highest BCUT2D eigenvalue weighted by atomic mass is 16.5. The topological polar surface area (TPSA) is 58.2 Å². The van der Waals surface area contributed by atoms with Gasteiger partial charge >= 0.3 is 0 Å². The lowest BCUT2D eigenvalue weighted by Crippen LogP contribution is -2.40.